The Morgan fingerprint density at radius 3 is 2.57 bits per heavy atom. The van der Waals surface area contributed by atoms with Gasteiger partial charge in [-0.2, -0.15) is 5.10 Å². The van der Waals surface area contributed by atoms with Crippen molar-refractivity contribution in [1.82, 2.24) is 9.78 Å². The fourth-order valence-electron chi connectivity index (χ4n) is 1.93. The number of nitro groups is 1. The third kappa shape index (κ3) is 3.06. The molecule has 0 saturated carbocycles. The molecule has 0 bridgehead atoms. The number of aromatic nitrogens is 2. The van der Waals surface area contributed by atoms with E-state index >= 15 is 0 Å². The molecule has 2 heterocycles. The summed E-state index contributed by atoms with van der Waals surface area (Å²) in [5.74, 6) is -0.0385. The van der Waals surface area contributed by atoms with Crippen LogP contribution in [0.5, 0.6) is 0 Å². The van der Waals surface area contributed by atoms with Gasteiger partial charge in [0.05, 0.1) is 16.8 Å². The lowest BCUT2D eigenvalue weighted by molar-refractivity contribution is -0.384. The smallest absolute Gasteiger partial charge is 0.292 e. The average Bonchev–Trinajstić information content (AvgIpc) is 3.16. The average molecular weight is 333 g/mol. The van der Waals surface area contributed by atoms with Crippen molar-refractivity contribution in [3.63, 3.8) is 0 Å². The molecule has 23 heavy (non-hydrogen) atoms. The van der Waals surface area contributed by atoms with Crippen molar-refractivity contribution in [2.24, 2.45) is 0 Å². The second-order valence-electron chi connectivity index (χ2n) is 4.46. The van der Waals surface area contributed by atoms with E-state index in [-0.39, 0.29) is 16.7 Å². The summed E-state index contributed by atoms with van der Waals surface area (Å²) in [4.78, 5) is 22.2. The maximum atomic E-state index is 12.1. The number of rotatable bonds is 4. The van der Waals surface area contributed by atoms with Gasteiger partial charge in [-0.15, -0.1) is 0 Å². The minimum Gasteiger partial charge on any atom is -0.440 e. The van der Waals surface area contributed by atoms with Crippen LogP contribution in [-0.4, -0.2) is 20.6 Å². The lowest BCUT2D eigenvalue weighted by Crippen LogP contribution is -2.14. The highest BCUT2D eigenvalue weighted by molar-refractivity contribution is 6.29. The lowest BCUT2D eigenvalue weighted by atomic mass is 10.3. The largest absolute Gasteiger partial charge is 0.440 e. The SMILES string of the molecule is O=C(Nc1ccnn1-c1ccc([N+](=O)[O-])cc1)c1ccc(Cl)o1. The number of nitrogens with zero attached hydrogens (tertiary/aromatic N) is 3. The zero-order valence-corrected chi connectivity index (χ0v) is 12.2. The van der Waals surface area contributed by atoms with Crippen molar-refractivity contribution < 1.29 is 14.1 Å². The zero-order chi connectivity index (χ0) is 16.4. The van der Waals surface area contributed by atoms with E-state index in [4.69, 9.17) is 16.0 Å². The van der Waals surface area contributed by atoms with Crippen LogP contribution in [-0.2, 0) is 0 Å². The summed E-state index contributed by atoms with van der Waals surface area (Å²) in [5, 5.41) is 17.5. The van der Waals surface area contributed by atoms with Crippen LogP contribution < -0.4 is 5.32 Å². The van der Waals surface area contributed by atoms with E-state index in [2.05, 4.69) is 10.4 Å². The van der Waals surface area contributed by atoms with Gasteiger partial charge in [-0.1, -0.05) is 0 Å². The third-order valence-corrected chi connectivity index (χ3v) is 3.19. The van der Waals surface area contributed by atoms with Crippen LogP contribution >= 0.6 is 11.6 Å². The normalized spacial score (nSPS) is 10.5. The standard InChI is InChI=1S/C14H9ClN4O4/c15-12-6-5-11(23-12)14(20)17-13-7-8-16-18(13)9-1-3-10(4-2-9)19(21)22/h1-8H,(H,17,20). The highest BCUT2D eigenvalue weighted by Crippen LogP contribution is 2.20. The number of carbonyl (C=O) groups excluding carboxylic acids is 1. The Bertz CT molecular complexity index is 869. The van der Waals surface area contributed by atoms with E-state index in [1.165, 1.54) is 47.3 Å². The Balaban J connectivity index is 1.84. The highest BCUT2D eigenvalue weighted by Gasteiger charge is 2.14. The van der Waals surface area contributed by atoms with Gasteiger partial charge in [0.15, 0.2) is 11.0 Å². The van der Waals surface area contributed by atoms with Gasteiger partial charge in [-0.25, -0.2) is 4.68 Å². The first-order valence-corrected chi connectivity index (χ1v) is 6.78. The van der Waals surface area contributed by atoms with Crippen LogP contribution in [0.25, 0.3) is 5.69 Å². The molecule has 1 aromatic carbocycles. The number of benzene rings is 1. The molecule has 0 fully saturated rings. The number of nitrogens with one attached hydrogen (secondary N) is 1. The van der Waals surface area contributed by atoms with Crippen molar-refractivity contribution in [3.05, 3.63) is 69.8 Å². The van der Waals surface area contributed by atoms with Crippen LogP contribution in [0.4, 0.5) is 11.5 Å². The van der Waals surface area contributed by atoms with Crippen molar-refractivity contribution in [3.8, 4) is 5.69 Å². The van der Waals surface area contributed by atoms with Crippen LogP contribution in [0.1, 0.15) is 10.6 Å². The van der Waals surface area contributed by atoms with Crippen LogP contribution in [0.3, 0.4) is 0 Å². The van der Waals surface area contributed by atoms with E-state index < -0.39 is 10.8 Å². The molecule has 116 valence electrons. The van der Waals surface area contributed by atoms with E-state index in [9.17, 15) is 14.9 Å². The number of halogens is 1. The van der Waals surface area contributed by atoms with Gasteiger partial charge in [-0.3, -0.25) is 14.9 Å². The Morgan fingerprint density at radius 2 is 1.96 bits per heavy atom. The van der Waals surface area contributed by atoms with E-state index in [0.29, 0.717) is 11.5 Å². The molecule has 1 amide bonds. The summed E-state index contributed by atoms with van der Waals surface area (Å²) in [6.45, 7) is 0. The molecule has 0 aliphatic heterocycles. The molecule has 0 radical (unpaired) electrons. The monoisotopic (exact) mass is 332 g/mol. The summed E-state index contributed by atoms with van der Waals surface area (Å²) in [5.41, 5.74) is 0.532. The fourth-order valence-corrected chi connectivity index (χ4v) is 2.08. The minimum absolute atomic E-state index is 0.0308. The summed E-state index contributed by atoms with van der Waals surface area (Å²) in [7, 11) is 0. The maximum absolute atomic E-state index is 12.1. The Labute approximate surface area is 134 Å². The molecule has 3 aromatic rings. The maximum Gasteiger partial charge on any atom is 0.292 e. The number of hydrogen-bond donors (Lipinski definition) is 1. The van der Waals surface area contributed by atoms with E-state index in [1.807, 2.05) is 0 Å². The number of non-ortho nitro benzene ring substituents is 1. The molecule has 0 spiro atoms. The molecule has 9 heteroatoms. The molecule has 0 saturated heterocycles. The second-order valence-corrected chi connectivity index (χ2v) is 4.83. The molecule has 0 aliphatic rings. The minimum atomic E-state index is -0.490. The lowest BCUT2D eigenvalue weighted by Gasteiger charge is -2.07. The Morgan fingerprint density at radius 1 is 1.22 bits per heavy atom. The van der Waals surface area contributed by atoms with Gasteiger partial charge < -0.3 is 9.73 Å². The first-order valence-electron chi connectivity index (χ1n) is 6.40. The Hall–Kier alpha value is -3.13. The molecule has 3 rings (SSSR count). The number of nitro benzene ring substituents is 1. The third-order valence-electron chi connectivity index (χ3n) is 2.99. The summed E-state index contributed by atoms with van der Waals surface area (Å²) in [6, 6.07) is 10.3. The molecule has 1 N–H and O–H groups in total. The topological polar surface area (TPSA) is 103 Å². The van der Waals surface area contributed by atoms with Crippen molar-refractivity contribution in [1.29, 1.82) is 0 Å². The van der Waals surface area contributed by atoms with Gasteiger partial charge in [0, 0.05) is 18.2 Å². The molecule has 0 atom stereocenters. The molecular weight excluding hydrogens is 324 g/mol. The molecule has 0 aliphatic carbocycles. The first-order chi connectivity index (χ1) is 11.0. The van der Waals surface area contributed by atoms with Crippen molar-refractivity contribution in [2.45, 2.75) is 0 Å². The summed E-state index contributed by atoms with van der Waals surface area (Å²) >= 11 is 5.63. The van der Waals surface area contributed by atoms with Gasteiger partial charge in [0.2, 0.25) is 0 Å². The zero-order valence-electron chi connectivity index (χ0n) is 11.5. The van der Waals surface area contributed by atoms with E-state index in [0.717, 1.165) is 0 Å². The molecule has 2 aromatic heterocycles. The number of carbonyl (C=O) groups is 1. The van der Waals surface area contributed by atoms with Crippen LogP contribution in [0, 0.1) is 10.1 Å². The number of amides is 1. The Kier molecular flexibility index (Phi) is 3.82. The quantitative estimate of drug-likeness (QED) is 0.583. The van der Waals surface area contributed by atoms with Gasteiger partial charge in [0.25, 0.3) is 11.6 Å². The predicted octanol–water partition coefficient (Wildman–Crippen LogP) is 3.28. The van der Waals surface area contributed by atoms with Crippen LogP contribution in [0.2, 0.25) is 5.22 Å². The number of hydrogen-bond acceptors (Lipinski definition) is 5. The number of furan rings is 1. The van der Waals surface area contributed by atoms with E-state index in [1.54, 1.807) is 6.07 Å². The highest BCUT2D eigenvalue weighted by atomic mass is 35.5. The summed E-state index contributed by atoms with van der Waals surface area (Å²) < 4.78 is 6.47. The fraction of sp³-hybridized carbons (Fsp3) is 0. The first kappa shape index (κ1) is 14.8. The van der Waals surface area contributed by atoms with Crippen molar-refractivity contribution in [2.75, 3.05) is 5.32 Å². The molecule has 0 unspecified atom stereocenters. The van der Waals surface area contributed by atoms with Gasteiger partial charge >= 0.3 is 0 Å². The van der Waals surface area contributed by atoms with Crippen LogP contribution in [0.15, 0.2) is 53.1 Å². The summed E-state index contributed by atoms with van der Waals surface area (Å²) in [6.07, 6.45) is 1.49. The second kappa shape index (κ2) is 5.93. The molecule has 8 nitrogen and oxygen atoms in total. The van der Waals surface area contributed by atoms with Crippen molar-refractivity contribution >= 4 is 29.0 Å². The molecular formula is C14H9ClN4O4. The number of anilines is 1. The predicted molar refractivity (Wildman–Crippen MR) is 81.9 cm³/mol. The van der Waals surface area contributed by atoms with Gasteiger partial charge in [0.1, 0.15) is 5.82 Å². The van der Waals surface area contributed by atoms with Gasteiger partial charge in [-0.05, 0) is 35.9 Å².